The molecule has 1 N–H and O–H groups in total. The molecule has 0 unspecified atom stereocenters. The smallest absolute Gasteiger partial charge is 0.303 e. The lowest BCUT2D eigenvalue weighted by Gasteiger charge is -2.13. The summed E-state index contributed by atoms with van der Waals surface area (Å²) < 4.78 is 54.9. The first kappa shape index (κ1) is 21.0. The quantitative estimate of drug-likeness (QED) is 0.581. The Bertz CT molecular complexity index is 1160. The van der Waals surface area contributed by atoms with Gasteiger partial charge in [-0.2, -0.15) is 0 Å². The van der Waals surface area contributed by atoms with Crippen LogP contribution in [-0.4, -0.2) is 19.5 Å². The van der Waals surface area contributed by atoms with Crippen LogP contribution in [0.1, 0.15) is 12.0 Å². The molecule has 8 heteroatoms. The largest absolute Gasteiger partial charge is 0.481 e. The Hall–Kier alpha value is -2.77. The van der Waals surface area contributed by atoms with Crippen LogP contribution in [0.4, 0.5) is 8.78 Å². The lowest BCUT2D eigenvalue weighted by Crippen LogP contribution is -2.08. The Labute approximate surface area is 171 Å². The standard InChI is InChI=1S/C21H15ClF2O4S/c22-15-8-6-13(7-9-20(25)26)17(12-15)14-10-18(23)21(19(24)11-14)29(27,28)16-4-2-1-3-5-16/h1-6,8,10-12H,7,9H2,(H,25,26). The number of hydrogen-bond acceptors (Lipinski definition) is 3. The van der Waals surface area contributed by atoms with Gasteiger partial charge in [0.05, 0.1) is 4.90 Å². The summed E-state index contributed by atoms with van der Waals surface area (Å²) in [7, 11) is -4.39. The van der Waals surface area contributed by atoms with Gasteiger partial charge in [0, 0.05) is 11.4 Å². The van der Waals surface area contributed by atoms with Crippen molar-refractivity contribution in [2.75, 3.05) is 0 Å². The number of carboxylic acids is 1. The maximum atomic E-state index is 14.8. The predicted octanol–water partition coefficient (Wildman–Crippen LogP) is 5.14. The summed E-state index contributed by atoms with van der Waals surface area (Å²) in [6.07, 6.45) is -0.0603. The molecule has 0 aromatic heterocycles. The van der Waals surface area contributed by atoms with E-state index in [4.69, 9.17) is 16.7 Å². The second-order valence-corrected chi connectivity index (χ2v) is 8.60. The van der Waals surface area contributed by atoms with E-state index in [1.165, 1.54) is 30.3 Å². The monoisotopic (exact) mass is 436 g/mol. The fraction of sp³-hybridized carbons (Fsp3) is 0.0952. The summed E-state index contributed by atoms with van der Waals surface area (Å²) in [5, 5.41) is 9.19. The Morgan fingerprint density at radius 3 is 2.17 bits per heavy atom. The number of rotatable bonds is 6. The molecule has 0 spiro atoms. The zero-order valence-corrected chi connectivity index (χ0v) is 16.5. The molecule has 0 bridgehead atoms. The first-order valence-electron chi connectivity index (χ1n) is 8.50. The van der Waals surface area contributed by atoms with Crippen LogP contribution in [0, 0.1) is 11.6 Å². The second kappa shape index (κ2) is 8.31. The maximum Gasteiger partial charge on any atom is 0.303 e. The zero-order valence-electron chi connectivity index (χ0n) is 14.9. The molecule has 0 saturated carbocycles. The molecule has 3 aromatic carbocycles. The normalized spacial score (nSPS) is 11.4. The van der Waals surface area contributed by atoms with Crippen molar-refractivity contribution < 1.29 is 27.1 Å². The van der Waals surface area contributed by atoms with Gasteiger partial charge in [-0.25, -0.2) is 17.2 Å². The molecule has 3 rings (SSSR count). The molecule has 0 saturated heterocycles. The van der Waals surface area contributed by atoms with Crippen LogP contribution in [0.3, 0.4) is 0 Å². The van der Waals surface area contributed by atoms with Gasteiger partial charge in [-0.1, -0.05) is 35.9 Å². The first-order valence-corrected chi connectivity index (χ1v) is 10.4. The van der Waals surface area contributed by atoms with E-state index in [9.17, 15) is 22.0 Å². The van der Waals surface area contributed by atoms with E-state index in [2.05, 4.69) is 0 Å². The number of halogens is 3. The SMILES string of the molecule is O=C(O)CCc1ccc(Cl)cc1-c1cc(F)c(S(=O)(=O)c2ccccc2)c(F)c1. The minimum Gasteiger partial charge on any atom is -0.481 e. The van der Waals surface area contributed by atoms with E-state index < -0.39 is 32.3 Å². The third-order valence-corrected chi connectivity index (χ3v) is 6.37. The summed E-state index contributed by atoms with van der Waals surface area (Å²) in [4.78, 5) is 9.61. The van der Waals surface area contributed by atoms with Crippen molar-refractivity contribution in [2.45, 2.75) is 22.6 Å². The lowest BCUT2D eigenvalue weighted by atomic mass is 9.96. The highest BCUT2D eigenvalue weighted by atomic mass is 35.5. The summed E-state index contributed by atoms with van der Waals surface area (Å²) in [5.41, 5.74) is 0.921. The van der Waals surface area contributed by atoms with Crippen molar-refractivity contribution in [3.63, 3.8) is 0 Å². The van der Waals surface area contributed by atoms with Crippen molar-refractivity contribution in [3.8, 4) is 11.1 Å². The van der Waals surface area contributed by atoms with Gasteiger partial charge in [-0.15, -0.1) is 0 Å². The van der Waals surface area contributed by atoms with Gasteiger partial charge in [0.2, 0.25) is 9.84 Å². The van der Waals surface area contributed by atoms with Gasteiger partial charge in [0.1, 0.15) is 16.5 Å². The van der Waals surface area contributed by atoms with Gasteiger partial charge >= 0.3 is 5.97 Å². The molecule has 0 fully saturated rings. The minimum absolute atomic E-state index is 0.0647. The van der Waals surface area contributed by atoms with Crippen LogP contribution in [0.5, 0.6) is 0 Å². The summed E-state index contributed by atoms with van der Waals surface area (Å²) in [6.45, 7) is 0. The van der Waals surface area contributed by atoms with E-state index in [0.29, 0.717) is 16.1 Å². The summed E-state index contributed by atoms with van der Waals surface area (Å²) in [6, 6.07) is 13.4. The third kappa shape index (κ3) is 4.46. The number of hydrogen-bond donors (Lipinski definition) is 1. The Balaban J connectivity index is 2.12. The van der Waals surface area contributed by atoms with Gasteiger partial charge in [0.15, 0.2) is 0 Å². The van der Waals surface area contributed by atoms with Gasteiger partial charge < -0.3 is 5.11 Å². The molecular formula is C21H15ClF2O4S. The third-order valence-electron chi connectivity index (χ3n) is 4.31. The van der Waals surface area contributed by atoms with E-state index in [1.807, 2.05) is 0 Å². The first-order chi connectivity index (χ1) is 13.7. The van der Waals surface area contributed by atoms with Crippen LogP contribution < -0.4 is 0 Å². The second-order valence-electron chi connectivity index (χ2n) is 6.28. The molecule has 0 heterocycles. The van der Waals surface area contributed by atoms with Crippen molar-refractivity contribution in [2.24, 2.45) is 0 Å². The number of benzene rings is 3. The summed E-state index contributed by atoms with van der Waals surface area (Å²) in [5.74, 6) is -3.51. The average Bonchev–Trinajstić information content (AvgIpc) is 2.66. The number of carboxylic acid groups (broad SMARTS) is 1. The minimum atomic E-state index is -4.39. The van der Waals surface area contributed by atoms with Crippen molar-refractivity contribution >= 4 is 27.4 Å². The molecule has 150 valence electrons. The number of carbonyl (C=O) groups is 1. The maximum absolute atomic E-state index is 14.8. The molecule has 3 aromatic rings. The van der Waals surface area contributed by atoms with E-state index in [0.717, 1.165) is 12.1 Å². The van der Waals surface area contributed by atoms with Crippen molar-refractivity contribution in [1.29, 1.82) is 0 Å². The van der Waals surface area contributed by atoms with E-state index >= 15 is 0 Å². The molecular weight excluding hydrogens is 422 g/mol. The lowest BCUT2D eigenvalue weighted by molar-refractivity contribution is -0.136. The fourth-order valence-corrected chi connectivity index (χ4v) is 4.52. The molecule has 0 amide bonds. The van der Waals surface area contributed by atoms with Crippen molar-refractivity contribution in [3.05, 3.63) is 82.9 Å². The van der Waals surface area contributed by atoms with Crippen LogP contribution in [0.2, 0.25) is 5.02 Å². The number of sulfone groups is 1. The van der Waals surface area contributed by atoms with Gasteiger partial charge in [-0.05, 0) is 59.5 Å². The molecule has 0 aliphatic heterocycles. The highest BCUT2D eigenvalue weighted by Crippen LogP contribution is 2.33. The molecule has 0 radical (unpaired) electrons. The Morgan fingerprint density at radius 2 is 1.59 bits per heavy atom. The van der Waals surface area contributed by atoms with Crippen LogP contribution in [-0.2, 0) is 21.1 Å². The Morgan fingerprint density at radius 1 is 0.966 bits per heavy atom. The Kier molecular flexibility index (Phi) is 6.00. The van der Waals surface area contributed by atoms with Gasteiger partial charge in [-0.3, -0.25) is 4.79 Å². The van der Waals surface area contributed by atoms with Crippen LogP contribution >= 0.6 is 11.6 Å². The molecule has 0 aliphatic carbocycles. The average molecular weight is 437 g/mol. The predicted molar refractivity (Wildman–Crippen MR) is 105 cm³/mol. The number of aliphatic carboxylic acids is 1. The highest BCUT2D eigenvalue weighted by molar-refractivity contribution is 7.91. The van der Waals surface area contributed by atoms with E-state index in [1.54, 1.807) is 18.2 Å². The fourth-order valence-electron chi connectivity index (χ4n) is 2.97. The van der Waals surface area contributed by atoms with Crippen LogP contribution in [0.25, 0.3) is 11.1 Å². The van der Waals surface area contributed by atoms with Crippen LogP contribution in [0.15, 0.2) is 70.5 Å². The molecule has 4 nitrogen and oxygen atoms in total. The molecule has 0 aliphatic rings. The van der Waals surface area contributed by atoms with Gasteiger partial charge in [0.25, 0.3) is 0 Å². The molecule has 29 heavy (non-hydrogen) atoms. The topological polar surface area (TPSA) is 71.4 Å². The highest BCUT2D eigenvalue weighted by Gasteiger charge is 2.27. The van der Waals surface area contributed by atoms with E-state index in [-0.39, 0.29) is 23.3 Å². The number of aryl methyl sites for hydroxylation is 1. The molecule has 0 atom stereocenters. The van der Waals surface area contributed by atoms with Crippen molar-refractivity contribution in [1.82, 2.24) is 0 Å². The summed E-state index contributed by atoms with van der Waals surface area (Å²) >= 11 is 5.99. The zero-order chi connectivity index (χ0) is 21.2.